The number of alkyl halides is 3. The van der Waals surface area contributed by atoms with Crippen LogP contribution in [0.3, 0.4) is 0 Å². The summed E-state index contributed by atoms with van der Waals surface area (Å²) in [5.74, 6) is 0.308. The molecule has 0 aromatic heterocycles. The number of piperidine rings is 1. The number of hydrogen-bond acceptors (Lipinski definition) is 3. The minimum Gasteiger partial charge on any atom is -0.491 e. The number of amides is 1. The second kappa shape index (κ2) is 9.35. The molecule has 28 heavy (non-hydrogen) atoms. The zero-order chi connectivity index (χ0) is 19.6. The lowest BCUT2D eigenvalue weighted by Gasteiger charge is -2.28. The van der Waals surface area contributed by atoms with Gasteiger partial charge in [0.2, 0.25) is 5.91 Å². The molecule has 1 aromatic carbocycles. The van der Waals surface area contributed by atoms with E-state index in [1.54, 1.807) is 13.8 Å². The summed E-state index contributed by atoms with van der Waals surface area (Å²) in [5, 5.41) is 6.19. The van der Waals surface area contributed by atoms with E-state index in [1.807, 2.05) is 0 Å². The van der Waals surface area contributed by atoms with Gasteiger partial charge in [0, 0.05) is 25.0 Å². The molecule has 2 N–H and O–H groups in total. The van der Waals surface area contributed by atoms with E-state index in [1.165, 1.54) is 12.1 Å². The standard InChI is InChI=1S/C20H27F3N2O2.ClH/c1-12(2)27-17-6-3-14(18(10-17)20(21,22)23)11-24-19(26)9-13-7-15-4-5-16(8-13)25-15;/h3,6,10,12-13,15-16,25H,4-5,7-9,11H2,1-2H3,(H,24,26);1H. The molecule has 0 aliphatic carbocycles. The van der Waals surface area contributed by atoms with Gasteiger partial charge in [-0.15, -0.1) is 12.4 Å². The highest BCUT2D eigenvalue weighted by molar-refractivity contribution is 5.85. The molecular weight excluding hydrogens is 393 g/mol. The van der Waals surface area contributed by atoms with Crippen molar-refractivity contribution in [3.63, 3.8) is 0 Å². The van der Waals surface area contributed by atoms with Crippen molar-refractivity contribution in [3.8, 4) is 5.75 Å². The molecular formula is C20H28ClF3N2O2. The third-order valence-electron chi connectivity index (χ3n) is 5.28. The van der Waals surface area contributed by atoms with Crippen LogP contribution in [0.25, 0.3) is 0 Å². The van der Waals surface area contributed by atoms with E-state index in [-0.39, 0.29) is 42.3 Å². The highest BCUT2D eigenvalue weighted by atomic mass is 35.5. The number of nitrogens with one attached hydrogen (secondary N) is 2. The molecule has 2 bridgehead atoms. The highest BCUT2D eigenvalue weighted by Crippen LogP contribution is 2.35. The first-order chi connectivity index (χ1) is 12.7. The molecule has 2 saturated heterocycles. The van der Waals surface area contributed by atoms with E-state index in [0.29, 0.717) is 24.4 Å². The van der Waals surface area contributed by atoms with Crippen molar-refractivity contribution in [2.24, 2.45) is 5.92 Å². The summed E-state index contributed by atoms with van der Waals surface area (Å²) >= 11 is 0. The predicted octanol–water partition coefficient (Wildman–Crippen LogP) is 4.45. The molecule has 1 amide bonds. The molecule has 2 fully saturated rings. The molecule has 2 heterocycles. The van der Waals surface area contributed by atoms with E-state index in [2.05, 4.69) is 10.6 Å². The first kappa shape index (κ1) is 22.8. The summed E-state index contributed by atoms with van der Waals surface area (Å²) in [6, 6.07) is 4.89. The third-order valence-corrected chi connectivity index (χ3v) is 5.28. The van der Waals surface area contributed by atoms with Crippen LogP contribution >= 0.6 is 12.4 Å². The molecule has 2 aliphatic rings. The average Bonchev–Trinajstić information content (AvgIpc) is 2.91. The van der Waals surface area contributed by atoms with Crippen molar-refractivity contribution in [1.82, 2.24) is 10.6 Å². The average molecular weight is 421 g/mol. The largest absolute Gasteiger partial charge is 0.491 e. The van der Waals surface area contributed by atoms with Crippen LogP contribution < -0.4 is 15.4 Å². The van der Waals surface area contributed by atoms with Gasteiger partial charge >= 0.3 is 6.18 Å². The number of fused-ring (bicyclic) bond motifs is 2. The van der Waals surface area contributed by atoms with E-state index in [0.717, 1.165) is 31.7 Å². The van der Waals surface area contributed by atoms with Gasteiger partial charge in [0.05, 0.1) is 11.7 Å². The topological polar surface area (TPSA) is 50.4 Å². The lowest BCUT2D eigenvalue weighted by atomic mass is 9.89. The maximum atomic E-state index is 13.4. The Bertz CT molecular complexity index is 670. The van der Waals surface area contributed by atoms with Gasteiger partial charge in [0.15, 0.2) is 0 Å². The van der Waals surface area contributed by atoms with Gasteiger partial charge in [-0.25, -0.2) is 0 Å². The molecule has 158 valence electrons. The van der Waals surface area contributed by atoms with Crippen LogP contribution in [0.5, 0.6) is 5.75 Å². The lowest BCUT2D eigenvalue weighted by molar-refractivity contribution is -0.138. The van der Waals surface area contributed by atoms with Crippen LogP contribution in [-0.4, -0.2) is 24.1 Å². The molecule has 2 unspecified atom stereocenters. The quantitative estimate of drug-likeness (QED) is 0.714. The van der Waals surface area contributed by atoms with Gasteiger partial charge in [-0.05, 0) is 63.1 Å². The number of halogens is 4. The Labute approximate surface area is 170 Å². The monoisotopic (exact) mass is 420 g/mol. The second-order valence-corrected chi connectivity index (χ2v) is 7.94. The van der Waals surface area contributed by atoms with Gasteiger partial charge < -0.3 is 15.4 Å². The predicted molar refractivity (Wildman–Crippen MR) is 104 cm³/mol. The molecule has 2 atom stereocenters. The van der Waals surface area contributed by atoms with Crippen LogP contribution in [-0.2, 0) is 17.5 Å². The van der Waals surface area contributed by atoms with E-state index < -0.39 is 11.7 Å². The first-order valence-corrected chi connectivity index (χ1v) is 9.60. The minimum atomic E-state index is -4.50. The van der Waals surface area contributed by atoms with Gasteiger partial charge in [0.1, 0.15) is 5.75 Å². The molecule has 0 radical (unpaired) electrons. The van der Waals surface area contributed by atoms with Gasteiger partial charge in [-0.3, -0.25) is 4.79 Å². The third kappa shape index (κ3) is 6.01. The van der Waals surface area contributed by atoms with Crippen molar-refractivity contribution in [1.29, 1.82) is 0 Å². The number of benzene rings is 1. The molecule has 4 nitrogen and oxygen atoms in total. The van der Waals surface area contributed by atoms with Crippen molar-refractivity contribution < 1.29 is 22.7 Å². The molecule has 2 aliphatic heterocycles. The zero-order valence-electron chi connectivity index (χ0n) is 16.1. The maximum Gasteiger partial charge on any atom is 0.416 e. The van der Waals surface area contributed by atoms with E-state index in [9.17, 15) is 18.0 Å². The van der Waals surface area contributed by atoms with Crippen molar-refractivity contribution in [2.75, 3.05) is 0 Å². The number of hydrogen-bond donors (Lipinski definition) is 2. The molecule has 8 heteroatoms. The summed E-state index contributed by atoms with van der Waals surface area (Å²) in [7, 11) is 0. The Balaban J connectivity index is 0.00000280. The van der Waals surface area contributed by atoms with Gasteiger partial charge in [-0.2, -0.15) is 13.2 Å². The summed E-state index contributed by atoms with van der Waals surface area (Å²) in [6.45, 7) is 3.39. The van der Waals surface area contributed by atoms with Crippen LogP contribution in [0.2, 0.25) is 0 Å². The van der Waals surface area contributed by atoms with Crippen LogP contribution in [0.1, 0.15) is 57.1 Å². The smallest absolute Gasteiger partial charge is 0.416 e. The molecule has 1 aromatic rings. The summed E-state index contributed by atoms with van der Waals surface area (Å²) in [5.41, 5.74) is -0.710. The normalized spacial score (nSPS) is 24.0. The van der Waals surface area contributed by atoms with Crippen molar-refractivity contribution in [3.05, 3.63) is 29.3 Å². The minimum absolute atomic E-state index is 0. The van der Waals surface area contributed by atoms with Crippen LogP contribution in [0.15, 0.2) is 18.2 Å². The van der Waals surface area contributed by atoms with Gasteiger partial charge in [-0.1, -0.05) is 6.07 Å². The van der Waals surface area contributed by atoms with E-state index in [4.69, 9.17) is 4.74 Å². The number of carbonyl (C=O) groups is 1. The van der Waals surface area contributed by atoms with E-state index >= 15 is 0 Å². The Morgan fingerprint density at radius 3 is 2.46 bits per heavy atom. The van der Waals surface area contributed by atoms with Gasteiger partial charge in [0.25, 0.3) is 0 Å². The van der Waals surface area contributed by atoms with Crippen molar-refractivity contribution >= 4 is 18.3 Å². The second-order valence-electron chi connectivity index (χ2n) is 7.94. The van der Waals surface area contributed by atoms with Crippen LogP contribution in [0, 0.1) is 5.92 Å². The lowest BCUT2D eigenvalue weighted by Crippen LogP contribution is -2.39. The Morgan fingerprint density at radius 2 is 1.89 bits per heavy atom. The number of rotatable bonds is 6. The summed E-state index contributed by atoms with van der Waals surface area (Å²) in [4.78, 5) is 12.3. The fourth-order valence-electron chi connectivity index (χ4n) is 4.19. The molecule has 0 spiro atoms. The summed E-state index contributed by atoms with van der Waals surface area (Å²) in [6.07, 6.45) is -0.0741. The highest BCUT2D eigenvalue weighted by Gasteiger charge is 2.35. The fraction of sp³-hybridized carbons (Fsp3) is 0.650. The fourth-order valence-corrected chi connectivity index (χ4v) is 4.19. The Hall–Kier alpha value is -1.47. The molecule has 0 saturated carbocycles. The molecule has 3 rings (SSSR count). The van der Waals surface area contributed by atoms with Crippen molar-refractivity contribution in [2.45, 2.75) is 76.9 Å². The number of ether oxygens (including phenoxy) is 1. The number of carbonyl (C=O) groups excluding carboxylic acids is 1. The SMILES string of the molecule is CC(C)Oc1ccc(CNC(=O)CC2CC3CCC(C2)N3)c(C(F)(F)F)c1.Cl. The Morgan fingerprint density at radius 1 is 1.25 bits per heavy atom. The maximum absolute atomic E-state index is 13.4. The first-order valence-electron chi connectivity index (χ1n) is 9.60. The summed E-state index contributed by atoms with van der Waals surface area (Å²) < 4.78 is 45.5. The zero-order valence-corrected chi connectivity index (χ0v) is 17.0. The van der Waals surface area contributed by atoms with Crippen LogP contribution in [0.4, 0.5) is 13.2 Å². The Kier molecular flexibility index (Phi) is 7.62.